The Bertz CT molecular complexity index is 307. The van der Waals surface area contributed by atoms with Gasteiger partial charge in [-0.05, 0) is 31.5 Å². The molecule has 0 aliphatic carbocycles. The first-order valence-corrected chi connectivity index (χ1v) is 4.45. The van der Waals surface area contributed by atoms with Gasteiger partial charge in [-0.1, -0.05) is 12.1 Å². The number of carbonyl (C=O) groups excluding carboxylic acids is 1. The first kappa shape index (κ1) is 10.6. The number of hydrogen-bond acceptors (Lipinski definition) is 3. The molecule has 3 heteroatoms. The highest BCUT2D eigenvalue weighted by Crippen LogP contribution is 2.13. The van der Waals surface area contributed by atoms with Gasteiger partial charge in [0.1, 0.15) is 5.75 Å². The molecule has 1 aromatic carbocycles. The fraction of sp³-hybridized carbons (Fsp3) is 0.273. The lowest BCUT2D eigenvalue weighted by atomic mass is 10.2. The van der Waals surface area contributed by atoms with Crippen LogP contribution in [0.3, 0.4) is 0 Å². The molecule has 75 valence electrons. The quantitative estimate of drug-likeness (QED) is 0.687. The summed E-state index contributed by atoms with van der Waals surface area (Å²) in [6.07, 6.45) is 0. The van der Waals surface area contributed by atoms with Crippen LogP contribution in [0.2, 0.25) is 0 Å². The lowest BCUT2D eigenvalue weighted by Gasteiger charge is -2.04. The van der Waals surface area contributed by atoms with E-state index in [0.29, 0.717) is 12.4 Å². The van der Waals surface area contributed by atoms with E-state index >= 15 is 0 Å². The Balaban J connectivity index is 2.41. The molecule has 0 aliphatic heterocycles. The van der Waals surface area contributed by atoms with Crippen molar-refractivity contribution in [3.63, 3.8) is 0 Å². The van der Waals surface area contributed by atoms with Gasteiger partial charge in [-0.2, -0.15) is 0 Å². The van der Waals surface area contributed by atoms with Crippen LogP contribution in [0.1, 0.15) is 12.5 Å². The molecule has 0 bridgehead atoms. The van der Waals surface area contributed by atoms with Crippen LogP contribution in [0.15, 0.2) is 24.3 Å². The molecule has 1 aromatic rings. The lowest BCUT2D eigenvalue weighted by Crippen LogP contribution is -2.08. The maximum atomic E-state index is 10.9. The fourth-order valence-corrected chi connectivity index (χ4v) is 0.981. The fourth-order valence-electron chi connectivity index (χ4n) is 0.981. The first-order chi connectivity index (χ1) is 6.72. The second-order valence-corrected chi connectivity index (χ2v) is 2.80. The van der Waals surface area contributed by atoms with E-state index in [4.69, 9.17) is 4.74 Å². The predicted molar refractivity (Wildman–Crippen MR) is 52.7 cm³/mol. The third-order valence-electron chi connectivity index (χ3n) is 1.57. The Morgan fingerprint density at radius 1 is 1.50 bits per heavy atom. The van der Waals surface area contributed by atoms with Gasteiger partial charge in [0.25, 0.3) is 0 Å². The summed E-state index contributed by atoms with van der Waals surface area (Å²) in [5.41, 5.74) is 1.08. The second-order valence-electron chi connectivity index (χ2n) is 2.80. The Hall–Kier alpha value is -1.51. The highest BCUT2D eigenvalue weighted by Gasteiger charge is 2.03. The number of carbonyl (C=O) groups is 1. The van der Waals surface area contributed by atoms with Gasteiger partial charge in [0.15, 0.2) is 0 Å². The highest BCUT2D eigenvalue weighted by molar-refractivity contribution is 5.77. The van der Waals surface area contributed by atoms with E-state index in [1.54, 1.807) is 13.0 Å². The van der Waals surface area contributed by atoms with Crippen molar-refractivity contribution < 1.29 is 14.3 Å². The minimum absolute atomic E-state index is 0.354. The third kappa shape index (κ3) is 3.47. The van der Waals surface area contributed by atoms with Crippen LogP contribution in [0.25, 0.3) is 0 Å². The molecule has 0 aliphatic rings. The van der Waals surface area contributed by atoms with Crippen LogP contribution in [-0.2, 0) is 9.53 Å². The van der Waals surface area contributed by atoms with E-state index in [0.717, 1.165) is 12.2 Å². The summed E-state index contributed by atoms with van der Waals surface area (Å²) < 4.78 is 9.78. The van der Waals surface area contributed by atoms with Crippen LogP contribution in [-0.4, -0.2) is 12.6 Å². The molecular weight excluding hydrogens is 180 g/mol. The average Bonchev–Trinajstić information content (AvgIpc) is 2.15. The Morgan fingerprint density at radius 3 is 2.93 bits per heavy atom. The zero-order chi connectivity index (χ0) is 10.4. The van der Waals surface area contributed by atoms with Crippen molar-refractivity contribution in [1.29, 1.82) is 0 Å². The summed E-state index contributed by atoms with van der Waals surface area (Å²) in [5.74, 6) is 0.173. The molecule has 1 radical (unpaired) electrons. The van der Waals surface area contributed by atoms with E-state index in [-0.39, 0.29) is 0 Å². The molecule has 14 heavy (non-hydrogen) atoms. The summed E-state index contributed by atoms with van der Waals surface area (Å²) in [4.78, 5) is 10.9. The van der Waals surface area contributed by atoms with Crippen molar-refractivity contribution in [2.45, 2.75) is 13.8 Å². The second kappa shape index (κ2) is 5.27. The first-order valence-electron chi connectivity index (χ1n) is 4.45. The molecule has 0 spiro atoms. The van der Waals surface area contributed by atoms with Gasteiger partial charge in [-0.15, -0.1) is 0 Å². The van der Waals surface area contributed by atoms with Crippen molar-refractivity contribution in [2.75, 3.05) is 6.61 Å². The molecule has 0 atom stereocenters. The minimum atomic E-state index is -0.464. The van der Waals surface area contributed by atoms with Gasteiger partial charge >= 0.3 is 5.97 Å². The smallest absolute Gasteiger partial charge is 0.351 e. The van der Waals surface area contributed by atoms with E-state index in [1.807, 2.05) is 25.1 Å². The predicted octanol–water partition coefficient (Wildman–Crippen LogP) is 2.10. The molecule has 0 amide bonds. The Kier molecular flexibility index (Phi) is 3.98. The summed E-state index contributed by atoms with van der Waals surface area (Å²) in [7, 11) is 0. The van der Waals surface area contributed by atoms with Gasteiger partial charge < -0.3 is 9.47 Å². The number of aryl methyl sites for hydroxylation is 1. The molecule has 0 N–H and O–H groups in total. The standard InChI is InChI=1S/C11H13O3/c1-3-13-11(12)8-14-10-6-4-5-9(2)7-10/h4-8H,3H2,1-2H3. The number of hydrogen-bond donors (Lipinski definition) is 0. The van der Waals surface area contributed by atoms with Gasteiger partial charge in [0.2, 0.25) is 6.61 Å². The number of rotatable bonds is 4. The molecule has 0 fully saturated rings. The van der Waals surface area contributed by atoms with Crippen molar-refractivity contribution in [3.05, 3.63) is 36.4 Å². The molecule has 0 heterocycles. The summed E-state index contributed by atoms with van der Waals surface area (Å²) >= 11 is 0. The van der Waals surface area contributed by atoms with Crippen molar-refractivity contribution in [1.82, 2.24) is 0 Å². The third-order valence-corrected chi connectivity index (χ3v) is 1.57. The van der Waals surface area contributed by atoms with Gasteiger partial charge in [-0.3, -0.25) is 0 Å². The number of benzene rings is 1. The molecule has 0 saturated carbocycles. The highest BCUT2D eigenvalue weighted by atomic mass is 16.6. The Morgan fingerprint density at radius 2 is 2.29 bits per heavy atom. The van der Waals surface area contributed by atoms with Crippen LogP contribution in [0, 0.1) is 13.5 Å². The Labute approximate surface area is 83.6 Å². The molecule has 3 nitrogen and oxygen atoms in total. The maximum Gasteiger partial charge on any atom is 0.351 e. The monoisotopic (exact) mass is 193 g/mol. The molecule has 0 unspecified atom stereocenters. The summed E-state index contributed by atoms with van der Waals surface area (Å²) in [6.45, 7) is 5.13. The van der Waals surface area contributed by atoms with Gasteiger partial charge in [0, 0.05) is 0 Å². The van der Waals surface area contributed by atoms with E-state index in [1.165, 1.54) is 0 Å². The molecular formula is C11H13O3. The normalized spacial score (nSPS) is 9.57. The molecule has 1 rings (SSSR count). The van der Waals surface area contributed by atoms with Crippen LogP contribution in [0.5, 0.6) is 5.75 Å². The zero-order valence-electron chi connectivity index (χ0n) is 8.32. The zero-order valence-corrected chi connectivity index (χ0v) is 8.32. The largest absolute Gasteiger partial charge is 0.474 e. The minimum Gasteiger partial charge on any atom is -0.474 e. The van der Waals surface area contributed by atoms with Crippen molar-refractivity contribution >= 4 is 5.97 Å². The maximum absolute atomic E-state index is 10.9. The summed E-state index contributed by atoms with van der Waals surface area (Å²) in [5, 5.41) is 0. The number of esters is 1. The van der Waals surface area contributed by atoms with Gasteiger partial charge in [-0.25, -0.2) is 4.79 Å². The SMILES string of the molecule is CCOC(=O)[CH]Oc1cccc(C)c1. The summed E-state index contributed by atoms with van der Waals surface area (Å²) in [6, 6.07) is 7.44. The average molecular weight is 193 g/mol. The van der Waals surface area contributed by atoms with Gasteiger partial charge in [0.05, 0.1) is 6.61 Å². The van der Waals surface area contributed by atoms with Crippen molar-refractivity contribution in [3.8, 4) is 5.75 Å². The topological polar surface area (TPSA) is 35.5 Å². The van der Waals surface area contributed by atoms with E-state index in [2.05, 4.69) is 4.74 Å². The van der Waals surface area contributed by atoms with E-state index in [9.17, 15) is 4.79 Å². The molecule has 0 saturated heterocycles. The van der Waals surface area contributed by atoms with Crippen LogP contribution < -0.4 is 4.74 Å². The lowest BCUT2D eigenvalue weighted by molar-refractivity contribution is -0.141. The van der Waals surface area contributed by atoms with Crippen LogP contribution in [0.4, 0.5) is 0 Å². The van der Waals surface area contributed by atoms with Crippen molar-refractivity contribution in [2.24, 2.45) is 0 Å². The van der Waals surface area contributed by atoms with Crippen LogP contribution >= 0.6 is 0 Å². The van der Waals surface area contributed by atoms with E-state index < -0.39 is 5.97 Å². The number of ether oxygens (including phenoxy) is 2. The molecule has 0 aromatic heterocycles.